The summed E-state index contributed by atoms with van der Waals surface area (Å²) in [7, 11) is 0. The smallest absolute Gasteiger partial charge is 0.261 e. The van der Waals surface area contributed by atoms with E-state index >= 15 is 0 Å². The predicted molar refractivity (Wildman–Crippen MR) is 135 cm³/mol. The monoisotopic (exact) mass is 510 g/mol. The van der Waals surface area contributed by atoms with Gasteiger partial charge in [0.15, 0.2) is 0 Å². The van der Waals surface area contributed by atoms with Crippen molar-refractivity contribution in [1.29, 1.82) is 0 Å². The van der Waals surface area contributed by atoms with Gasteiger partial charge in [-0.1, -0.05) is 23.7 Å². The first-order valence-electron chi connectivity index (χ1n) is 9.84. The quantitative estimate of drug-likeness (QED) is 0.316. The first-order valence-corrected chi connectivity index (χ1v) is 10.2. The summed E-state index contributed by atoms with van der Waals surface area (Å²) >= 11 is 6.24. The van der Waals surface area contributed by atoms with Crippen LogP contribution in [0.15, 0.2) is 30.3 Å². The minimum absolute atomic E-state index is 0. The van der Waals surface area contributed by atoms with Gasteiger partial charge in [0.2, 0.25) is 0 Å². The van der Waals surface area contributed by atoms with Crippen molar-refractivity contribution < 1.29 is 9.59 Å². The Labute approximate surface area is 206 Å². The molecule has 0 radical (unpaired) electrons. The highest BCUT2D eigenvalue weighted by Gasteiger charge is 2.32. The summed E-state index contributed by atoms with van der Waals surface area (Å²) in [5.74, 6) is -0.482. The summed E-state index contributed by atoms with van der Waals surface area (Å²) in [6.07, 6.45) is 2.74. The molecule has 31 heavy (non-hydrogen) atoms. The Morgan fingerprint density at radius 2 is 1.39 bits per heavy atom. The van der Waals surface area contributed by atoms with Gasteiger partial charge in [-0.3, -0.25) is 14.5 Å². The molecule has 4 N–H and O–H groups in total. The fraction of sp³-hybridized carbons (Fsp3) is 0.429. The fourth-order valence-electron chi connectivity index (χ4n) is 3.49. The molecule has 0 bridgehead atoms. The van der Waals surface area contributed by atoms with Gasteiger partial charge in [0.05, 0.1) is 0 Å². The largest absolute Gasteiger partial charge is 0.330 e. The second-order valence-electron chi connectivity index (χ2n) is 6.93. The van der Waals surface area contributed by atoms with Gasteiger partial charge in [-0.25, -0.2) is 0 Å². The Bertz CT molecular complexity index is 844. The Balaban J connectivity index is 0.00000300. The molecule has 0 aliphatic carbocycles. The third-order valence-corrected chi connectivity index (χ3v) is 5.27. The summed E-state index contributed by atoms with van der Waals surface area (Å²) in [6, 6.07) is 8.85. The number of amides is 2. The molecular formula is C21H30Cl4N4O2. The normalized spacial score (nSPS) is 12.3. The van der Waals surface area contributed by atoms with Crippen LogP contribution in [0.4, 0.5) is 0 Å². The van der Waals surface area contributed by atoms with Crippen LogP contribution in [0.2, 0.25) is 5.02 Å². The van der Waals surface area contributed by atoms with E-state index in [-0.39, 0.29) is 49.0 Å². The van der Waals surface area contributed by atoms with E-state index in [1.807, 2.05) is 12.1 Å². The van der Waals surface area contributed by atoms with Crippen LogP contribution in [0.5, 0.6) is 0 Å². The van der Waals surface area contributed by atoms with Crippen molar-refractivity contribution in [1.82, 2.24) is 15.5 Å². The van der Waals surface area contributed by atoms with E-state index in [1.165, 1.54) is 4.90 Å². The van der Waals surface area contributed by atoms with Gasteiger partial charge in [-0.15, -0.1) is 37.2 Å². The van der Waals surface area contributed by atoms with E-state index in [0.29, 0.717) is 34.6 Å². The molecule has 0 saturated carbocycles. The second-order valence-corrected chi connectivity index (χ2v) is 7.34. The van der Waals surface area contributed by atoms with Crippen molar-refractivity contribution in [3.05, 3.63) is 46.5 Å². The third kappa shape index (κ3) is 7.19. The number of imide groups is 1. The molecule has 1 heterocycles. The number of hydrogen-bond donors (Lipinski definition) is 3. The van der Waals surface area contributed by atoms with Crippen LogP contribution in [0.3, 0.4) is 0 Å². The van der Waals surface area contributed by atoms with Crippen LogP contribution < -0.4 is 16.4 Å². The number of nitrogens with zero attached hydrogens (tertiary/aromatic N) is 1. The number of halogens is 4. The van der Waals surface area contributed by atoms with E-state index in [1.54, 1.807) is 18.2 Å². The molecule has 0 atom stereocenters. The van der Waals surface area contributed by atoms with Gasteiger partial charge >= 0.3 is 0 Å². The molecule has 174 valence electrons. The highest BCUT2D eigenvalue weighted by Crippen LogP contribution is 2.34. The van der Waals surface area contributed by atoms with Gasteiger partial charge in [0.25, 0.3) is 11.8 Å². The summed E-state index contributed by atoms with van der Waals surface area (Å²) in [6.45, 7) is 4.69. The number of hydrogen-bond acceptors (Lipinski definition) is 5. The molecule has 0 unspecified atom stereocenters. The first kappa shape index (κ1) is 29.9. The van der Waals surface area contributed by atoms with E-state index in [4.69, 9.17) is 17.3 Å². The maximum absolute atomic E-state index is 12.8. The predicted octanol–water partition coefficient (Wildman–Crippen LogP) is 3.66. The summed E-state index contributed by atoms with van der Waals surface area (Å²) in [5.41, 5.74) is 6.54. The molecule has 0 aromatic heterocycles. The van der Waals surface area contributed by atoms with E-state index in [9.17, 15) is 9.59 Å². The number of carbonyl (C=O) groups excluding carboxylic acids is 2. The zero-order valence-electron chi connectivity index (χ0n) is 17.2. The molecule has 6 nitrogen and oxygen atoms in total. The number of rotatable bonds is 11. The lowest BCUT2D eigenvalue weighted by Gasteiger charge is -2.27. The van der Waals surface area contributed by atoms with E-state index in [2.05, 4.69) is 10.6 Å². The maximum Gasteiger partial charge on any atom is 0.261 e. The van der Waals surface area contributed by atoms with Crippen LogP contribution in [0, 0.1) is 0 Å². The fourth-order valence-corrected chi connectivity index (χ4v) is 3.71. The molecule has 1 aliphatic rings. The molecule has 0 fully saturated rings. The van der Waals surface area contributed by atoms with Crippen molar-refractivity contribution in [2.75, 3.05) is 39.3 Å². The van der Waals surface area contributed by atoms with E-state index < -0.39 is 0 Å². The highest BCUT2D eigenvalue weighted by atomic mass is 35.5. The molecule has 0 spiro atoms. The molecule has 2 aromatic rings. The second kappa shape index (κ2) is 14.9. The van der Waals surface area contributed by atoms with Gasteiger partial charge in [0, 0.05) is 33.5 Å². The van der Waals surface area contributed by atoms with Crippen LogP contribution in [0.1, 0.15) is 40.0 Å². The lowest BCUT2D eigenvalue weighted by molar-refractivity contribution is 0.0609. The summed E-state index contributed by atoms with van der Waals surface area (Å²) in [4.78, 5) is 27.0. The summed E-state index contributed by atoms with van der Waals surface area (Å²) < 4.78 is 0. The first-order chi connectivity index (χ1) is 13.6. The Hall–Kier alpha value is -1.12. The van der Waals surface area contributed by atoms with Crippen LogP contribution >= 0.6 is 48.8 Å². The molecular weight excluding hydrogens is 482 g/mol. The van der Waals surface area contributed by atoms with Crippen molar-refractivity contribution in [3.63, 3.8) is 0 Å². The Kier molecular flexibility index (Phi) is 14.3. The zero-order chi connectivity index (χ0) is 19.9. The average Bonchev–Trinajstić information content (AvgIpc) is 2.70. The van der Waals surface area contributed by atoms with Crippen LogP contribution in [0.25, 0.3) is 10.8 Å². The molecule has 1 aliphatic heterocycles. The lowest BCUT2D eigenvalue weighted by atomic mass is 9.94. The van der Waals surface area contributed by atoms with Crippen molar-refractivity contribution in [2.24, 2.45) is 5.73 Å². The minimum Gasteiger partial charge on any atom is -0.330 e. The maximum atomic E-state index is 12.8. The van der Waals surface area contributed by atoms with Crippen molar-refractivity contribution in [3.8, 4) is 0 Å². The van der Waals surface area contributed by atoms with Gasteiger partial charge in [-0.2, -0.15) is 0 Å². The highest BCUT2D eigenvalue weighted by molar-refractivity contribution is 6.38. The average molecular weight is 512 g/mol. The van der Waals surface area contributed by atoms with Gasteiger partial charge in [-0.05, 0) is 70.2 Å². The van der Waals surface area contributed by atoms with E-state index in [0.717, 1.165) is 50.8 Å². The molecule has 3 rings (SSSR count). The molecule has 2 amide bonds. The lowest BCUT2D eigenvalue weighted by Crippen LogP contribution is -2.41. The minimum atomic E-state index is -0.241. The van der Waals surface area contributed by atoms with Gasteiger partial charge < -0.3 is 16.4 Å². The topological polar surface area (TPSA) is 87.5 Å². The molecule has 0 saturated heterocycles. The van der Waals surface area contributed by atoms with Crippen LogP contribution in [-0.2, 0) is 0 Å². The third-order valence-electron chi connectivity index (χ3n) is 4.94. The zero-order valence-corrected chi connectivity index (χ0v) is 20.4. The molecule has 2 aromatic carbocycles. The number of benzene rings is 2. The molecule has 10 heteroatoms. The van der Waals surface area contributed by atoms with Crippen LogP contribution in [-0.4, -0.2) is 56.0 Å². The number of carbonyl (C=O) groups is 2. The summed E-state index contributed by atoms with van der Waals surface area (Å²) in [5, 5.41) is 8.67. The Morgan fingerprint density at radius 3 is 2.03 bits per heavy atom. The number of nitrogens with one attached hydrogen (secondary N) is 2. The van der Waals surface area contributed by atoms with Crippen molar-refractivity contribution >= 4 is 71.4 Å². The van der Waals surface area contributed by atoms with Crippen molar-refractivity contribution in [2.45, 2.75) is 19.3 Å². The Morgan fingerprint density at radius 1 is 0.806 bits per heavy atom. The standard InChI is InChI=1S/C21H27ClN4O2.3ClH/c22-18-8-7-17-19-15(18)5-1-6-16(19)20(27)26(21(17)28)14-4-13-25-12-3-11-24-10-2-9-23;;;/h1,5-8,24-25H,2-4,9-14,23H2;3*1H. The van der Waals surface area contributed by atoms with Gasteiger partial charge in [0.1, 0.15) is 0 Å². The number of nitrogens with two attached hydrogens (primary N) is 1. The SMILES string of the molecule is Cl.Cl.Cl.NCCCNCCCNCCCN1C(=O)c2cccc3c(Cl)ccc(c23)C1=O.